The van der Waals surface area contributed by atoms with Crippen LogP contribution in [-0.2, 0) is 0 Å². The first-order chi connectivity index (χ1) is 4.41. The van der Waals surface area contributed by atoms with Crippen molar-refractivity contribution in [3.05, 3.63) is 12.2 Å². The summed E-state index contributed by atoms with van der Waals surface area (Å²) in [5.41, 5.74) is 5.30. The molecule has 0 aliphatic carbocycles. The highest BCUT2D eigenvalue weighted by molar-refractivity contribution is 7.99. The van der Waals surface area contributed by atoms with Crippen molar-refractivity contribution in [1.29, 1.82) is 0 Å². The van der Waals surface area contributed by atoms with E-state index in [1.54, 1.807) is 0 Å². The van der Waals surface area contributed by atoms with Crippen LogP contribution in [0.25, 0.3) is 0 Å². The Hall–Kier alpha value is 0.0500. The minimum absolute atomic E-state index is 0.806. The first-order valence-corrected chi connectivity index (χ1v) is 4.46. The first kappa shape index (κ1) is 9.05. The third-order valence-corrected chi connectivity index (χ3v) is 1.98. The van der Waals surface area contributed by atoms with Crippen molar-refractivity contribution in [3.8, 4) is 0 Å². The van der Waals surface area contributed by atoms with Crippen LogP contribution in [-0.4, -0.2) is 18.1 Å². The number of nitrogens with two attached hydrogens (primary N) is 1. The number of allylic oxidation sites excluding steroid dienone is 2. The summed E-state index contributed by atoms with van der Waals surface area (Å²) in [7, 11) is 0. The fourth-order valence-electron chi connectivity index (χ4n) is 0.503. The zero-order valence-electron chi connectivity index (χ0n) is 5.97. The van der Waals surface area contributed by atoms with Crippen LogP contribution in [0.3, 0.4) is 0 Å². The van der Waals surface area contributed by atoms with Crippen LogP contribution in [0.5, 0.6) is 0 Å². The van der Waals surface area contributed by atoms with Gasteiger partial charge in [0.1, 0.15) is 0 Å². The van der Waals surface area contributed by atoms with E-state index < -0.39 is 0 Å². The van der Waals surface area contributed by atoms with E-state index in [4.69, 9.17) is 5.73 Å². The van der Waals surface area contributed by atoms with Crippen LogP contribution in [0.1, 0.15) is 13.3 Å². The zero-order valence-corrected chi connectivity index (χ0v) is 6.79. The van der Waals surface area contributed by atoms with Crippen molar-refractivity contribution in [1.82, 2.24) is 0 Å². The molecule has 0 fully saturated rings. The highest BCUT2D eigenvalue weighted by atomic mass is 32.2. The molecule has 0 aliphatic rings. The molecule has 0 aromatic carbocycles. The molecule has 0 heterocycles. The molecule has 54 valence electrons. The third-order valence-electron chi connectivity index (χ3n) is 0.927. The molecule has 0 unspecified atom stereocenters. The van der Waals surface area contributed by atoms with Gasteiger partial charge in [-0.25, -0.2) is 0 Å². The van der Waals surface area contributed by atoms with E-state index in [9.17, 15) is 0 Å². The lowest BCUT2D eigenvalue weighted by Gasteiger charge is -1.93. The maximum atomic E-state index is 5.30. The van der Waals surface area contributed by atoms with E-state index in [1.165, 1.54) is 12.2 Å². The summed E-state index contributed by atoms with van der Waals surface area (Å²) in [6, 6.07) is 0. The molecule has 0 amide bonds. The molecule has 9 heavy (non-hydrogen) atoms. The molecule has 2 N–H and O–H groups in total. The second-order valence-corrected chi connectivity index (χ2v) is 2.98. The third kappa shape index (κ3) is 8.05. The average molecular weight is 145 g/mol. The molecular formula is C7H15NS. The zero-order chi connectivity index (χ0) is 6.95. The Morgan fingerprint density at radius 3 is 2.78 bits per heavy atom. The summed E-state index contributed by atoms with van der Waals surface area (Å²) in [5.74, 6) is 2.30. The molecule has 1 nitrogen and oxygen atoms in total. The summed E-state index contributed by atoms with van der Waals surface area (Å²) in [6.45, 7) is 2.86. The van der Waals surface area contributed by atoms with Crippen molar-refractivity contribution >= 4 is 11.8 Å². The van der Waals surface area contributed by atoms with E-state index in [0.29, 0.717) is 0 Å². The highest BCUT2D eigenvalue weighted by Crippen LogP contribution is 2.00. The minimum Gasteiger partial charge on any atom is -0.330 e. The Morgan fingerprint density at radius 2 is 2.22 bits per heavy atom. The maximum Gasteiger partial charge on any atom is 0.00559 e. The fraction of sp³-hybridized carbons (Fsp3) is 0.714. The van der Waals surface area contributed by atoms with Crippen LogP contribution in [0.4, 0.5) is 0 Å². The monoisotopic (exact) mass is 145 g/mol. The van der Waals surface area contributed by atoms with Gasteiger partial charge in [0.25, 0.3) is 0 Å². The van der Waals surface area contributed by atoms with E-state index in [0.717, 1.165) is 12.3 Å². The van der Waals surface area contributed by atoms with Gasteiger partial charge in [0.05, 0.1) is 0 Å². The summed E-state index contributed by atoms with van der Waals surface area (Å²) < 4.78 is 0. The molecule has 0 aliphatic heterocycles. The molecule has 0 spiro atoms. The molecule has 0 radical (unpaired) electrons. The van der Waals surface area contributed by atoms with Gasteiger partial charge in [0.15, 0.2) is 0 Å². The minimum atomic E-state index is 0.806. The average Bonchev–Trinajstić information content (AvgIpc) is 1.89. The van der Waals surface area contributed by atoms with Gasteiger partial charge in [-0.2, -0.15) is 11.8 Å². The van der Waals surface area contributed by atoms with Crippen LogP contribution in [0.15, 0.2) is 12.2 Å². The smallest absolute Gasteiger partial charge is 0.00559 e. The van der Waals surface area contributed by atoms with Crippen molar-refractivity contribution in [3.63, 3.8) is 0 Å². The summed E-state index contributed by atoms with van der Waals surface area (Å²) >= 11 is 1.92. The van der Waals surface area contributed by atoms with Gasteiger partial charge < -0.3 is 5.73 Å². The Morgan fingerprint density at radius 1 is 1.44 bits per heavy atom. The predicted octanol–water partition coefficient (Wildman–Crippen LogP) is 1.64. The van der Waals surface area contributed by atoms with Crippen molar-refractivity contribution in [2.45, 2.75) is 13.3 Å². The molecule has 0 saturated heterocycles. The second-order valence-electron chi connectivity index (χ2n) is 1.76. The molecule has 0 aromatic rings. The van der Waals surface area contributed by atoms with E-state index in [-0.39, 0.29) is 0 Å². The Labute approximate surface area is 61.7 Å². The molecule has 0 bridgehead atoms. The van der Waals surface area contributed by atoms with Gasteiger partial charge in [-0.15, -0.1) is 0 Å². The van der Waals surface area contributed by atoms with E-state index >= 15 is 0 Å². The fourth-order valence-corrected chi connectivity index (χ4v) is 1.18. The SMILES string of the molecule is CC=CCCSCCN. The van der Waals surface area contributed by atoms with Crippen molar-refractivity contribution < 1.29 is 0 Å². The lowest BCUT2D eigenvalue weighted by atomic mass is 10.4. The molecular weight excluding hydrogens is 130 g/mol. The molecule has 0 atom stereocenters. The summed E-state index contributed by atoms with van der Waals surface area (Å²) in [4.78, 5) is 0. The molecule has 0 saturated carbocycles. The summed E-state index contributed by atoms with van der Waals surface area (Å²) in [5, 5.41) is 0. The van der Waals surface area contributed by atoms with Gasteiger partial charge in [0, 0.05) is 12.3 Å². The Kier molecular flexibility index (Phi) is 8.09. The standard InChI is InChI=1S/C7H15NS/c1-2-3-4-6-9-7-5-8/h2-3H,4-8H2,1H3. The van der Waals surface area contributed by atoms with Gasteiger partial charge in [-0.3, -0.25) is 0 Å². The lowest BCUT2D eigenvalue weighted by Crippen LogP contribution is -2.01. The van der Waals surface area contributed by atoms with Crippen LogP contribution >= 0.6 is 11.8 Å². The van der Waals surface area contributed by atoms with Gasteiger partial charge in [-0.05, 0) is 19.1 Å². The normalized spacial score (nSPS) is 10.9. The largest absolute Gasteiger partial charge is 0.330 e. The number of rotatable bonds is 5. The Bertz CT molecular complexity index is 71.3. The molecule has 0 rings (SSSR count). The topological polar surface area (TPSA) is 26.0 Å². The first-order valence-electron chi connectivity index (χ1n) is 3.30. The highest BCUT2D eigenvalue weighted by Gasteiger charge is 1.82. The van der Waals surface area contributed by atoms with Crippen LogP contribution < -0.4 is 5.73 Å². The van der Waals surface area contributed by atoms with Crippen molar-refractivity contribution in [2.24, 2.45) is 5.73 Å². The second kappa shape index (κ2) is 8.05. The number of hydrogen-bond donors (Lipinski definition) is 1. The number of hydrogen-bond acceptors (Lipinski definition) is 2. The van der Waals surface area contributed by atoms with Crippen molar-refractivity contribution in [2.75, 3.05) is 18.1 Å². The Balaban J connectivity index is 2.75. The molecule has 2 heteroatoms. The quantitative estimate of drug-likeness (QED) is 0.470. The van der Waals surface area contributed by atoms with Crippen LogP contribution in [0, 0.1) is 0 Å². The lowest BCUT2D eigenvalue weighted by molar-refractivity contribution is 1.14. The van der Waals surface area contributed by atoms with E-state index in [2.05, 4.69) is 12.2 Å². The summed E-state index contributed by atoms with van der Waals surface area (Å²) in [6.07, 6.45) is 5.45. The van der Waals surface area contributed by atoms with Crippen LogP contribution in [0.2, 0.25) is 0 Å². The molecule has 0 aromatic heterocycles. The van der Waals surface area contributed by atoms with Gasteiger partial charge >= 0.3 is 0 Å². The van der Waals surface area contributed by atoms with Gasteiger partial charge in [-0.1, -0.05) is 12.2 Å². The van der Waals surface area contributed by atoms with E-state index in [1.807, 2.05) is 18.7 Å². The number of thioether (sulfide) groups is 1. The maximum absolute atomic E-state index is 5.30. The predicted molar refractivity (Wildman–Crippen MR) is 45.8 cm³/mol. The van der Waals surface area contributed by atoms with Gasteiger partial charge in [0.2, 0.25) is 0 Å².